The van der Waals surface area contributed by atoms with Crippen molar-refractivity contribution in [3.63, 3.8) is 0 Å². The largest absolute Gasteiger partial charge is 0.455 e. The van der Waals surface area contributed by atoms with Gasteiger partial charge in [-0.05, 0) is 22.9 Å². The van der Waals surface area contributed by atoms with Gasteiger partial charge in [-0.15, -0.1) is 10.2 Å². The first kappa shape index (κ1) is 12.5. The molecule has 0 aliphatic heterocycles. The van der Waals surface area contributed by atoms with Crippen LogP contribution in [0.25, 0.3) is 22.1 Å². The summed E-state index contributed by atoms with van der Waals surface area (Å²) in [7, 11) is 0. The third-order valence-electron chi connectivity index (χ3n) is 3.41. The van der Waals surface area contributed by atoms with Crippen molar-refractivity contribution in [2.75, 3.05) is 0 Å². The van der Waals surface area contributed by atoms with E-state index in [1.807, 2.05) is 30.3 Å². The lowest BCUT2D eigenvalue weighted by Crippen LogP contribution is -1.85. The smallest absolute Gasteiger partial charge is 0.147 e. The maximum atomic E-state index is 5.87. The van der Waals surface area contributed by atoms with Gasteiger partial charge in [0.2, 0.25) is 0 Å². The molecule has 2 aromatic carbocycles. The van der Waals surface area contributed by atoms with E-state index in [0.717, 1.165) is 11.3 Å². The summed E-state index contributed by atoms with van der Waals surface area (Å²) in [6.07, 6.45) is 4.67. The van der Waals surface area contributed by atoms with E-state index in [2.05, 4.69) is 39.6 Å². The number of hydrogen-bond acceptors (Lipinski definition) is 4. The van der Waals surface area contributed by atoms with Gasteiger partial charge in [0, 0.05) is 5.56 Å². The number of rotatable bonds is 3. The van der Waals surface area contributed by atoms with Crippen molar-refractivity contribution in [2.24, 2.45) is 5.10 Å². The number of benzene rings is 2. The van der Waals surface area contributed by atoms with Crippen molar-refractivity contribution in [1.82, 2.24) is 14.9 Å². The molecule has 106 valence electrons. The predicted octanol–water partition coefficient (Wildman–Crippen LogP) is 3.57. The van der Waals surface area contributed by atoms with Gasteiger partial charge in [0.1, 0.15) is 24.2 Å². The van der Waals surface area contributed by atoms with Gasteiger partial charge in [0.25, 0.3) is 0 Å². The first-order chi connectivity index (χ1) is 10.9. The summed E-state index contributed by atoms with van der Waals surface area (Å²) in [5.74, 6) is 1.50. The molecule has 0 unspecified atom stereocenters. The van der Waals surface area contributed by atoms with E-state index in [1.165, 1.54) is 28.1 Å². The second-order valence-electron chi connectivity index (χ2n) is 4.82. The third-order valence-corrected chi connectivity index (χ3v) is 3.41. The van der Waals surface area contributed by atoms with Crippen LogP contribution in [0.4, 0.5) is 0 Å². The molecule has 2 aromatic heterocycles. The highest BCUT2D eigenvalue weighted by molar-refractivity contribution is 5.95. The van der Waals surface area contributed by atoms with Gasteiger partial charge in [-0.1, -0.05) is 42.5 Å². The van der Waals surface area contributed by atoms with Crippen LogP contribution < -0.4 is 0 Å². The number of furan rings is 1. The molecule has 5 nitrogen and oxygen atoms in total. The zero-order chi connectivity index (χ0) is 14.8. The standard InChI is InChI=1S/C17H12N4O/c1-2-6-15-13(4-1)5-3-7-16(15)17-9-8-14(22-17)10-20-21-11-18-19-12-21/h1-12H/b20-10-. The first-order valence-electron chi connectivity index (χ1n) is 6.87. The highest BCUT2D eigenvalue weighted by Crippen LogP contribution is 2.29. The fraction of sp³-hybridized carbons (Fsp3) is 0. The summed E-state index contributed by atoms with van der Waals surface area (Å²) in [5.41, 5.74) is 1.07. The minimum atomic E-state index is 0.677. The average Bonchev–Trinajstić information content (AvgIpc) is 3.24. The average molecular weight is 288 g/mol. The minimum absolute atomic E-state index is 0.677. The molecule has 0 fully saturated rings. The molecular formula is C17H12N4O. The molecule has 4 rings (SSSR count). The van der Waals surface area contributed by atoms with Crippen LogP contribution in [0.2, 0.25) is 0 Å². The van der Waals surface area contributed by atoms with Crippen LogP contribution in [0.15, 0.2) is 76.8 Å². The molecule has 0 atom stereocenters. The van der Waals surface area contributed by atoms with Crippen LogP contribution in [-0.4, -0.2) is 21.1 Å². The van der Waals surface area contributed by atoms with Crippen LogP contribution in [-0.2, 0) is 0 Å². The van der Waals surface area contributed by atoms with E-state index in [9.17, 15) is 0 Å². The van der Waals surface area contributed by atoms with Gasteiger partial charge in [0.15, 0.2) is 0 Å². The number of nitrogens with zero attached hydrogens (tertiary/aromatic N) is 4. The lowest BCUT2D eigenvalue weighted by atomic mass is 10.0. The predicted molar refractivity (Wildman–Crippen MR) is 84.7 cm³/mol. The van der Waals surface area contributed by atoms with Crippen molar-refractivity contribution < 1.29 is 4.42 Å². The highest BCUT2D eigenvalue weighted by Gasteiger charge is 2.07. The zero-order valence-corrected chi connectivity index (χ0v) is 11.6. The number of hydrogen-bond donors (Lipinski definition) is 0. The normalized spacial score (nSPS) is 11.5. The van der Waals surface area contributed by atoms with Gasteiger partial charge in [-0.2, -0.15) is 5.10 Å². The Bertz CT molecular complexity index is 933. The molecule has 5 heteroatoms. The Hall–Kier alpha value is -3.21. The molecule has 4 aromatic rings. The van der Waals surface area contributed by atoms with Crippen molar-refractivity contribution in [3.8, 4) is 11.3 Å². The molecule has 0 spiro atoms. The molecule has 0 aliphatic carbocycles. The summed E-state index contributed by atoms with van der Waals surface area (Å²) in [5, 5.41) is 13.9. The Kier molecular flexibility index (Phi) is 3.01. The Morgan fingerprint density at radius 3 is 2.64 bits per heavy atom. The Morgan fingerprint density at radius 2 is 1.73 bits per heavy atom. The Balaban J connectivity index is 1.71. The van der Waals surface area contributed by atoms with Crippen molar-refractivity contribution in [1.29, 1.82) is 0 Å². The van der Waals surface area contributed by atoms with Gasteiger partial charge in [-0.3, -0.25) is 0 Å². The minimum Gasteiger partial charge on any atom is -0.455 e. The Morgan fingerprint density at radius 1 is 0.909 bits per heavy atom. The summed E-state index contributed by atoms with van der Waals surface area (Å²) in [6.45, 7) is 0. The summed E-state index contributed by atoms with van der Waals surface area (Å²) in [4.78, 5) is 0. The van der Waals surface area contributed by atoms with Crippen molar-refractivity contribution in [3.05, 3.63) is 73.0 Å². The van der Waals surface area contributed by atoms with Crippen molar-refractivity contribution >= 4 is 17.0 Å². The molecule has 0 saturated carbocycles. The SMILES string of the molecule is C(=N/n1cnnc1)/c1ccc(-c2cccc3ccccc23)o1. The molecule has 22 heavy (non-hydrogen) atoms. The van der Waals surface area contributed by atoms with E-state index in [-0.39, 0.29) is 0 Å². The molecule has 0 bridgehead atoms. The molecule has 0 aliphatic rings. The van der Waals surface area contributed by atoms with E-state index < -0.39 is 0 Å². The molecule has 2 heterocycles. The molecule has 0 amide bonds. The monoisotopic (exact) mass is 288 g/mol. The summed E-state index contributed by atoms with van der Waals surface area (Å²) in [6, 6.07) is 18.3. The van der Waals surface area contributed by atoms with Crippen LogP contribution in [0.5, 0.6) is 0 Å². The van der Waals surface area contributed by atoms with Gasteiger partial charge in [-0.25, -0.2) is 4.68 Å². The third kappa shape index (κ3) is 2.29. The van der Waals surface area contributed by atoms with Crippen LogP contribution in [0.1, 0.15) is 5.76 Å². The van der Waals surface area contributed by atoms with Crippen LogP contribution >= 0.6 is 0 Å². The van der Waals surface area contributed by atoms with E-state index in [4.69, 9.17) is 4.42 Å². The number of aromatic nitrogens is 3. The second kappa shape index (κ2) is 5.29. The van der Waals surface area contributed by atoms with E-state index in [0.29, 0.717) is 5.76 Å². The van der Waals surface area contributed by atoms with Gasteiger partial charge < -0.3 is 4.42 Å². The molecule has 0 N–H and O–H groups in total. The first-order valence-corrected chi connectivity index (χ1v) is 6.87. The molecule has 0 saturated heterocycles. The van der Waals surface area contributed by atoms with Gasteiger partial charge in [0.05, 0.1) is 6.21 Å². The maximum absolute atomic E-state index is 5.87. The van der Waals surface area contributed by atoms with E-state index >= 15 is 0 Å². The molecular weight excluding hydrogens is 276 g/mol. The topological polar surface area (TPSA) is 56.2 Å². The quantitative estimate of drug-likeness (QED) is 0.541. The maximum Gasteiger partial charge on any atom is 0.147 e. The number of fused-ring (bicyclic) bond motifs is 1. The zero-order valence-electron chi connectivity index (χ0n) is 11.6. The van der Waals surface area contributed by atoms with E-state index in [1.54, 1.807) is 6.21 Å². The molecule has 0 radical (unpaired) electrons. The fourth-order valence-electron chi connectivity index (χ4n) is 2.39. The van der Waals surface area contributed by atoms with Gasteiger partial charge >= 0.3 is 0 Å². The summed E-state index contributed by atoms with van der Waals surface area (Å²) < 4.78 is 7.39. The lowest BCUT2D eigenvalue weighted by Gasteiger charge is -2.03. The van der Waals surface area contributed by atoms with Crippen molar-refractivity contribution in [2.45, 2.75) is 0 Å². The van der Waals surface area contributed by atoms with Crippen LogP contribution in [0.3, 0.4) is 0 Å². The highest BCUT2D eigenvalue weighted by atomic mass is 16.3. The Labute approximate surface area is 126 Å². The van der Waals surface area contributed by atoms with Crippen LogP contribution in [0, 0.1) is 0 Å². The summed E-state index contributed by atoms with van der Waals surface area (Å²) >= 11 is 0. The fourth-order valence-corrected chi connectivity index (χ4v) is 2.39. The lowest BCUT2D eigenvalue weighted by molar-refractivity contribution is 0.574. The second-order valence-corrected chi connectivity index (χ2v) is 4.82.